The van der Waals surface area contributed by atoms with Crippen molar-refractivity contribution in [3.8, 4) is 0 Å². The lowest BCUT2D eigenvalue weighted by molar-refractivity contribution is -0.143. The van der Waals surface area contributed by atoms with Crippen molar-refractivity contribution in [2.24, 2.45) is 11.8 Å². The molecular formula is C23H33N3O4S. The predicted octanol–water partition coefficient (Wildman–Crippen LogP) is 2.09. The first-order chi connectivity index (χ1) is 14.7. The molecular weight excluding hydrogens is 414 g/mol. The lowest BCUT2D eigenvalue weighted by Gasteiger charge is -2.38. The molecule has 1 aromatic carbocycles. The van der Waals surface area contributed by atoms with Gasteiger partial charge in [0.25, 0.3) is 0 Å². The molecule has 1 saturated carbocycles. The molecule has 0 spiro atoms. The zero-order chi connectivity index (χ0) is 22.3. The Bertz CT molecular complexity index is 948. The summed E-state index contributed by atoms with van der Waals surface area (Å²) in [7, 11) is -3.57. The largest absolute Gasteiger partial charge is 0.339 e. The molecule has 2 amide bonds. The van der Waals surface area contributed by atoms with E-state index in [4.69, 9.17) is 0 Å². The molecule has 1 aliphatic carbocycles. The highest BCUT2D eigenvalue weighted by atomic mass is 32.2. The van der Waals surface area contributed by atoms with Crippen LogP contribution in [0.4, 0.5) is 0 Å². The van der Waals surface area contributed by atoms with Crippen LogP contribution in [0.5, 0.6) is 0 Å². The van der Waals surface area contributed by atoms with Crippen LogP contribution in [0.3, 0.4) is 0 Å². The molecule has 3 fully saturated rings. The second-order valence-corrected chi connectivity index (χ2v) is 11.2. The third-order valence-electron chi connectivity index (χ3n) is 6.84. The average molecular weight is 448 g/mol. The van der Waals surface area contributed by atoms with Crippen LogP contribution in [0.15, 0.2) is 17.0 Å². The Morgan fingerprint density at radius 1 is 0.742 bits per heavy atom. The van der Waals surface area contributed by atoms with Crippen molar-refractivity contribution in [2.45, 2.75) is 51.3 Å². The second-order valence-electron chi connectivity index (χ2n) is 9.33. The van der Waals surface area contributed by atoms with E-state index in [9.17, 15) is 18.0 Å². The summed E-state index contributed by atoms with van der Waals surface area (Å²) < 4.78 is 28.1. The van der Waals surface area contributed by atoms with Gasteiger partial charge in [-0.25, -0.2) is 8.42 Å². The van der Waals surface area contributed by atoms with E-state index in [1.165, 1.54) is 4.31 Å². The van der Waals surface area contributed by atoms with Gasteiger partial charge in [0.05, 0.1) is 4.90 Å². The fourth-order valence-corrected chi connectivity index (χ4v) is 6.92. The maximum absolute atomic E-state index is 13.3. The van der Waals surface area contributed by atoms with Gasteiger partial charge in [0.15, 0.2) is 0 Å². The monoisotopic (exact) mass is 447 g/mol. The van der Waals surface area contributed by atoms with Crippen LogP contribution in [-0.4, -0.2) is 73.6 Å². The molecule has 1 aromatic rings. The van der Waals surface area contributed by atoms with E-state index < -0.39 is 10.0 Å². The van der Waals surface area contributed by atoms with E-state index in [2.05, 4.69) is 0 Å². The normalized spacial score (nSPS) is 21.4. The number of benzene rings is 1. The number of hydrogen-bond acceptors (Lipinski definition) is 4. The van der Waals surface area contributed by atoms with E-state index in [0.29, 0.717) is 57.0 Å². The summed E-state index contributed by atoms with van der Waals surface area (Å²) in [6.45, 7) is 8.77. The van der Waals surface area contributed by atoms with Crippen molar-refractivity contribution in [1.29, 1.82) is 0 Å². The fourth-order valence-electron chi connectivity index (χ4n) is 5.04. The first-order valence-corrected chi connectivity index (χ1v) is 12.8. The zero-order valence-corrected chi connectivity index (χ0v) is 19.6. The van der Waals surface area contributed by atoms with Crippen LogP contribution in [-0.2, 0) is 19.6 Å². The van der Waals surface area contributed by atoms with Crippen LogP contribution < -0.4 is 0 Å². The van der Waals surface area contributed by atoms with Crippen LogP contribution >= 0.6 is 0 Å². The summed E-state index contributed by atoms with van der Waals surface area (Å²) in [5.74, 6) is 0.428. The van der Waals surface area contributed by atoms with Gasteiger partial charge in [-0.1, -0.05) is 17.7 Å². The van der Waals surface area contributed by atoms with Gasteiger partial charge in [-0.05, 0) is 57.6 Å². The molecule has 4 rings (SSSR count). The quantitative estimate of drug-likeness (QED) is 0.708. The van der Waals surface area contributed by atoms with Crippen molar-refractivity contribution in [3.05, 3.63) is 28.8 Å². The van der Waals surface area contributed by atoms with Crippen molar-refractivity contribution in [1.82, 2.24) is 14.1 Å². The van der Waals surface area contributed by atoms with Gasteiger partial charge in [-0.15, -0.1) is 0 Å². The number of carbonyl (C=O) groups is 2. The summed E-state index contributed by atoms with van der Waals surface area (Å²) in [4.78, 5) is 29.4. The first kappa shape index (κ1) is 22.3. The minimum absolute atomic E-state index is 0.110. The van der Waals surface area contributed by atoms with Gasteiger partial charge < -0.3 is 9.80 Å². The standard InChI is InChI=1S/C23H33N3O4S/c1-16-14-17(2)21(18(3)15-16)31(29,30)26-8-6-20(7-9-26)23(28)25-12-10-24(11-13-25)22(27)19-4-5-19/h14-15,19-20H,4-13H2,1-3H3. The van der Waals surface area contributed by atoms with Gasteiger partial charge in [0, 0.05) is 51.1 Å². The number of carbonyl (C=O) groups excluding carboxylic acids is 2. The van der Waals surface area contributed by atoms with Crippen molar-refractivity contribution >= 4 is 21.8 Å². The van der Waals surface area contributed by atoms with Gasteiger partial charge in [0.2, 0.25) is 21.8 Å². The number of amides is 2. The molecule has 2 heterocycles. The number of aryl methyl sites for hydroxylation is 3. The Morgan fingerprint density at radius 3 is 1.58 bits per heavy atom. The Balaban J connectivity index is 1.34. The van der Waals surface area contributed by atoms with Crippen molar-refractivity contribution in [2.75, 3.05) is 39.3 Å². The van der Waals surface area contributed by atoms with E-state index in [0.717, 1.165) is 29.5 Å². The Labute approximate surface area is 185 Å². The van der Waals surface area contributed by atoms with Gasteiger partial charge >= 0.3 is 0 Å². The van der Waals surface area contributed by atoms with Gasteiger partial charge in [-0.3, -0.25) is 9.59 Å². The third kappa shape index (κ3) is 4.51. The lowest BCUT2D eigenvalue weighted by atomic mass is 9.96. The summed E-state index contributed by atoms with van der Waals surface area (Å²) >= 11 is 0. The Morgan fingerprint density at radius 2 is 1.16 bits per heavy atom. The number of sulfonamides is 1. The van der Waals surface area contributed by atoms with Crippen LogP contribution in [0.2, 0.25) is 0 Å². The second kappa shape index (κ2) is 8.54. The van der Waals surface area contributed by atoms with Crippen LogP contribution in [0.1, 0.15) is 42.4 Å². The molecule has 0 aromatic heterocycles. The number of nitrogens with zero attached hydrogens (tertiary/aromatic N) is 3. The zero-order valence-electron chi connectivity index (χ0n) is 18.8. The minimum Gasteiger partial charge on any atom is -0.339 e. The maximum Gasteiger partial charge on any atom is 0.243 e. The summed E-state index contributed by atoms with van der Waals surface area (Å²) in [6, 6.07) is 3.81. The van der Waals surface area contributed by atoms with Crippen molar-refractivity contribution < 1.29 is 18.0 Å². The summed E-state index contributed by atoms with van der Waals surface area (Å²) in [5, 5.41) is 0. The smallest absolute Gasteiger partial charge is 0.243 e. The molecule has 0 unspecified atom stereocenters. The topological polar surface area (TPSA) is 78.0 Å². The Kier molecular flexibility index (Phi) is 6.14. The van der Waals surface area contributed by atoms with Gasteiger partial charge in [-0.2, -0.15) is 4.31 Å². The molecule has 0 atom stereocenters. The highest BCUT2D eigenvalue weighted by Crippen LogP contribution is 2.32. The highest BCUT2D eigenvalue weighted by molar-refractivity contribution is 7.89. The fraction of sp³-hybridized carbons (Fsp3) is 0.652. The van der Waals surface area contributed by atoms with Crippen LogP contribution in [0.25, 0.3) is 0 Å². The molecule has 0 N–H and O–H groups in total. The SMILES string of the molecule is Cc1cc(C)c(S(=O)(=O)N2CCC(C(=O)N3CCN(C(=O)C4CC4)CC3)CC2)c(C)c1. The van der Waals surface area contributed by atoms with E-state index in [1.807, 2.05) is 42.7 Å². The lowest BCUT2D eigenvalue weighted by Crippen LogP contribution is -2.53. The van der Waals surface area contributed by atoms with Gasteiger partial charge in [0.1, 0.15) is 0 Å². The molecule has 170 valence electrons. The van der Waals surface area contributed by atoms with E-state index in [-0.39, 0.29) is 23.7 Å². The minimum atomic E-state index is -3.57. The number of piperazine rings is 1. The average Bonchev–Trinajstić information content (AvgIpc) is 3.57. The summed E-state index contributed by atoms with van der Waals surface area (Å²) in [6.07, 6.45) is 3.09. The number of rotatable bonds is 4. The van der Waals surface area contributed by atoms with E-state index >= 15 is 0 Å². The summed E-state index contributed by atoms with van der Waals surface area (Å²) in [5.41, 5.74) is 2.60. The number of piperidine rings is 1. The third-order valence-corrected chi connectivity index (χ3v) is 9.04. The van der Waals surface area contributed by atoms with Crippen LogP contribution in [0, 0.1) is 32.6 Å². The van der Waals surface area contributed by atoms with Crippen molar-refractivity contribution in [3.63, 3.8) is 0 Å². The number of hydrogen-bond donors (Lipinski definition) is 0. The molecule has 2 saturated heterocycles. The first-order valence-electron chi connectivity index (χ1n) is 11.3. The van der Waals surface area contributed by atoms with E-state index in [1.54, 1.807) is 0 Å². The maximum atomic E-state index is 13.3. The predicted molar refractivity (Wildman–Crippen MR) is 118 cm³/mol. The molecule has 2 aliphatic heterocycles. The molecule has 0 bridgehead atoms. The molecule has 3 aliphatic rings. The molecule has 8 heteroatoms. The Hall–Kier alpha value is -1.93. The highest BCUT2D eigenvalue weighted by Gasteiger charge is 2.38. The molecule has 31 heavy (non-hydrogen) atoms. The molecule has 7 nitrogen and oxygen atoms in total. The molecule has 0 radical (unpaired) electrons.